The number of aryl methyl sites for hydroxylation is 3. The Labute approximate surface area is 131 Å². The quantitative estimate of drug-likeness (QED) is 0.877. The monoisotopic (exact) mass is 295 g/mol. The Bertz CT molecular complexity index is 709. The normalized spacial score (nSPS) is 13.5. The molecule has 2 aromatic rings. The molecule has 1 heterocycles. The van der Waals surface area contributed by atoms with Crippen molar-refractivity contribution in [2.75, 3.05) is 5.32 Å². The van der Waals surface area contributed by atoms with Crippen LogP contribution in [0.3, 0.4) is 0 Å². The number of rotatable bonds is 4. The van der Waals surface area contributed by atoms with Gasteiger partial charge in [0.2, 0.25) is 5.95 Å². The lowest BCUT2D eigenvalue weighted by Crippen LogP contribution is -2.09. The average molecular weight is 295 g/mol. The summed E-state index contributed by atoms with van der Waals surface area (Å²) in [6.45, 7) is 4.07. The van der Waals surface area contributed by atoms with E-state index < -0.39 is 0 Å². The first-order chi connectivity index (χ1) is 10.6. The molecule has 1 aromatic heterocycles. The smallest absolute Gasteiger partial charge is 0.223 e. The summed E-state index contributed by atoms with van der Waals surface area (Å²) in [5.41, 5.74) is 5.52. The second kappa shape index (κ2) is 6.26. The first-order valence-corrected chi connectivity index (χ1v) is 7.82. The molecular formula is C18H21N3O. The molecule has 0 radical (unpaired) electrons. The molecule has 1 N–H and O–H groups in total. The van der Waals surface area contributed by atoms with Gasteiger partial charge < -0.3 is 5.32 Å². The van der Waals surface area contributed by atoms with Crippen LogP contribution in [0.25, 0.3) is 0 Å². The number of nitrogens with one attached hydrogen (secondary N) is 1. The summed E-state index contributed by atoms with van der Waals surface area (Å²) in [6, 6.07) is 6.71. The highest BCUT2D eigenvalue weighted by Gasteiger charge is 2.10. The van der Waals surface area contributed by atoms with Crippen LogP contribution < -0.4 is 5.32 Å². The number of hydrogen-bond donors (Lipinski definition) is 1. The molecule has 0 spiro atoms. The number of benzene rings is 1. The van der Waals surface area contributed by atoms with Crippen molar-refractivity contribution in [1.29, 1.82) is 0 Å². The molecule has 1 aliphatic rings. The van der Waals surface area contributed by atoms with Gasteiger partial charge in [0.05, 0.1) is 11.3 Å². The topological polar surface area (TPSA) is 54.9 Å². The number of ketones is 1. The number of hydrogen-bond acceptors (Lipinski definition) is 4. The number of carbonyl (C=O) groups is 1. The van der Waals surface area contributed by atoms with E-state index >= 15 is 0 Å². The zero-order chi connectivity index (χ0) is 15.5. The van der Waals surface area contributed by atoms with E-state index in [1.807, 2.05) is 6.92 Å². The van der Waals surface area contributed by atoms with Crippen molar-refractivity contribution in [3.8, 4) is 0 Å². The van der Waals surface area contributed by atoms with Gasteiger partial charge in [-0.2, -0.15) is 0 Å². The molecule has 114 valence electrons. The molecule has 0 amide bonds. The van der Waals surface area contributed by atoms with Crippen LogP contribution in [0.5, 0.6) is 0 Å². The Morgan fingerprint density at radius 2 is 2.00 bits per heavy atom. The largest absolute Gasteiger partial charge is 0.350 e. The second-order valence-electron chi connectivity index (χ2n) is 5.91. The van der Waals surface area contributed by atoms with Crippen LogP contribution in [0.2, 0.25) is 0 Å². The summed E-state index contributed by atoms with van der Waals surface area (Å²) in [5, 5.41) is 3.24. The number of Topliss-reactive ketones (excluding diaryl/α,β-unsaturated/α-hetero) is 1. The third-order valence-corrected chi connectivity index (χ3v) is 4.22. The van der Waals surface area contributed by atoms with Crippen LogP contribution in [0.15, 0.2) is 24.4 Å². The van der Waals surface area contributed by atoms with Crippen molar-refractivity contribution in [1.82, 2.24) is 9.97 Å². The van der Waals surface area contributed by atoms with Gasteiger partial charge in [0, 0.05) is 12.7 Å². The van der Waals surface area contributed by atoms with Crippen molar-refractivity contribution in [3.63, 3.8) is 0 Å². The first-order valence-electron chi connectivity index (χ1n) is 7.82. The Hall–Kier alpha value is -2.23. The Kier molecular flexibility index (Phi) is 4.18. The molecule has 4 heteroatoms. The van der Waals surface area contributed by atoms with Gasteiger partial charge in [-0.05, 0) is 56.2 Å². The predicted octanol–water partition coefficient (Wildman–Crippen LogP) is 3.48. The highest BCUT2D eigenvalue weighted by molar-refractivity contribution is 5.94. The molecule has 0 bridgehead atoms. The van der Waals surface area contributed by atoms with Gasteiger partial charge in [0.15, 0.2) is 5.78 Å². The van der Waals surface area contributed by atoms with Crippen molar-refractivity contribution in [2.24, 2.45) is 0 Å². The standard InChI is InChI=1S/C18H21N3O/c1-12-17(13(2)22)11-20-18(21-12)19-10-14-7-8-15-5-3-4-6-16(15)9-14/h7-9,11H,3-6,10H2,1-2H3,(H,19,20,21). The minimum Gasteiger partial charge on any atom is -0.350 e. The minimum absolute atomic E-state index is 0.00117. The number of aromatic nitrogens is 2. The van der Waals surface area contributed by atoms with Gasteiger partial charge in [-0.15, -0.1) is 0 Å². The number of anilines is 1. The molecule has 0 saturated heterocycles. The van der Waals surface area contributed by atoms with Crippen LogP contribution in [0.4, 0.5) is 5.95 Å². The highest BCUT2D eigenvalue weighted by Crippen LogP contribution is 2.22. The number of nitrogens with zero attached hydrogens (tertiary/aromatic N) is 2. The van der Waals surface area contributed by atoms with E-state index in [4.69, 9.17) is 0 Å². The first kappa shape index (κ1) is 14.7. The number of carbonyl (C=O) groups excluding carboxylic acids is 1. The van der Waals surface area contributed by atoms with E-state index in [1.54, 1.807) is 6.20 Å². The Balaban J connectivity index is 1.70. The zero-order valence-electron chi connectivity index (χ0n) is 13.1. The SMILES string of the molecule is CC(=O)c1cnc(NCc2ccc3c(c2)CCCC3)nc1C. The van der Waals surface area contributed by atoms with Crippen molar-refractivity contribution < 1.29 is 4.79 Å². The lowest BCUT2D eigenvalue weighted by atomic mass is 9.90. The van der Waals surface area contributed by atoms with Crippen molar-refractivity contribution in [3.05, 3.63) is 52.3 Å². The maximum absolute atomic E-state index is 11.4. The zero-order valence-corrected chi connectivity index (χ0v) is 13.1. The highest BCUT2D eigenvalue weighted by atomic mass is 16.1. The summed E-state index contributed by atoms with van der Waals surface area (Å²) in [5.74, 6) is 0.568. The van der Waals surface area contributed by atoms with Crippen molar-refractivity contribution in [2.45, 2.75) is 46.1 Å². The second-order valence-corrected chi connectivity index (χ2v) is 5.91. The summed E-state index contributed by atoms with van der Waals surface area (Å²) in [4.78, 5) is 20.0. The lowest BCUT2D eigenvalue weighted by molar-refractivity contribution is 0.101. The molecule has 22 heavy (non-hydrogen) atoms. The molecule has 1 aromatic carbocycles. The molecule has 0 fully saturated rings. The number of fused-ring (bicyclic) bond motifs is 1. The van der Waals surface area contributed by atoms with E-state index in [0.717, 1.165) is 5.69 Å². The Morgan fingerprint density at radius 1 is 1.23 bits per heavy atom. The van der Waals surface area contributed by atoms with Gasteiger partial charge in [-0.25, -0.2) is 9.97 Å². The Morgan fingerprint density at radius 3 is 2.73 bits per heavy atom. The fourth-order valence-electron chi connectivity index (χ4n) is 2.98. The van der Waals surface area contributed by atoms with E-state index in [2.05, 4.69) is 33.5 Å². The van der Waals surface area contributed by atoms with Crippen molar-refractivity contribution >= 4 is 11.7 Å². The minimum atomic E-state index is -0.00117. The van der Waals surface area contributed by atoms with Gasteiger partial charge in [0.25, 0.3) is 0 Å². The molecular weight excluding hydrogens is 274 g/mol. The van der Waals surface area contributed by atoms with Gasteiger partial charge in [-0.1, -0.05) is 18.2 Å². The van der Waals surface area contributed by atoms with E-state index in [1.165, 1.54) is 49.3 Å². The van der Waals surface area contributed by atoms with Crippen LogP contribution in [0, 0.1) is 6.92 Å². The maximum atomic E-state index is 11.4. The summed E-state index contributed by atoms with van der Waals surface area (Å²) >= 11 is 0. The van der Waals surface area contributed by atoms with E-state index in [9.17, 15) is 4.79 Å². The van der Waals surface area contributed by atoms with Crippen LogP contribution >= 0.6 is 0 Å². The molecule has 0 saturated carbocycles. The van der Waals surface area contributed by atoms with E-state index in [0.29, 0.717) is 18.1 Å². The van der Waals surface area contributed by atoms with Gasteiger partial charge in [0.1, 0.15) is 0 Å². The fourth-order valence-corrected chi connectivity index (χ4v) is 2.98. The lowest BCUT2D eigenvalue weighted by Gasteiger charge is -2.16. The van der Waals surface area contributed by atoms with Gasteiger partial charge >= 0.3 is 0 Å². The van der Waals surface area contributed by atoms with Gasteiger partial charge in [-0.3, -0.25) is 4.79 Å². The van der Waals surface area contributed by atoms with E-state index in [-0.39, 0.29) is 5.78 Å². The molecule has 3 rings (SSSR count). The van der Waals surface area contributed by atoms with Crippen LogP contribution in [-0.4, -0.2) is 15.8 Å². The fraction of sp³-hybridized carbons (Fsp3) is 0.389. The third-order valence-electron chi connectivity index (χ3n) is 4.22. The maximum Gasteiger partial charge on any atom is 0.223 e. The van der Waals surface area contributed by atoms with Crippen LogP contribution in [-0.2, 0) is 19.4 Å². The molecule has 1 aliphatic carbocycles. The molecule has 0 atom stereocenters. The summed E-state index contributed by atoms with van der Waals surface area (Å²) in [6.07, 6.45) is 6.59. The summed E-state index contributed by atoms with van der Waals surface area (Å²) in [7, 11) is 0. The molecule has 0 aliphatic heterocycles. The molecule has 4 nitrogen and oxygen atoms in total. The van der Waals surface area contributed by atoms with Crippen LogP contribution in [0.1, 0.15) is 52.5 Å². The predicted molar refractivity (Wildman–Crippen MR) is 87.2 cm³/mol. The average Bonchev–Trinajstić information content (AvgIpc) is 2.52. The summed E-state index contributed by atoms with van der Waals surface area (Å²) < 4.78 is 0. The third kappa shape index (κ3) is 3.16. The molecule has 0 unspecified atom stereocenters.